The van der Waals surface area contributed by atoms with Gasteiger partial charge in [0, 0.05) is 0 Å². The van der Waals surface area contributed by atoms with E-state index in [1.165, 1.54) is 5.56 Å². The Bertz CT molecular complexity index is 793. The van der Waals surface area contributed by atoms with E-state index in [1.54, 1.807) is 0 Å². The molecule has 0 aliphatic rings. The molecule has 2 aromatic carbocycles. The van der Waals surface area contributed by atoms with Crippen LogP contribution in [0.3, 0.4) is 0 Å². The Hall–Kier alpha value is -2.33. The van der Waals surface area contributed by atoms with E-state index in [2.05, 4.69) is 18.0 Å². The third-order valence-corrected chi connectivity index (χ3v) is 3.78. The van der Waals surface area contributed by atoms with E-state index >= 15 is 0 Å². The maximum atomic E-state index is 9.49. The molecule has 0 fully saturated rings. The van der Waals surface area contributed by atoms with Crippen LogP contribution in [0.25, 0.3) is 11.0 Å². The van der Waals surface area contributed by atoms with E-state index in [0.717, 1.165) is 22.3 Å². The van der Waals surface area contributed by atoms with Crippen LogP contribution in [0.4, 0.5) is 0 Å². The predicted octanol–water partition coefficient (Wildman–Crippen LogP) is 3.22. The van der Waals surface area contributed by atoms with Crippen molar-refractivity contribution < 1.29 is 9.84 Å². The topological polar surface area (TPSA) is 47.3 Å². The summed E-state index contributed by atoms with van der Waals surface area (Å²) in [5.74, 6) is 1.57. The molecule has 4 nitrogen and oxygen atoms in total. The molecule has 0 atom stereocenters. The lowest BCUT2D eigenvalue weighted by Crippen LogP contribution is -2.11. The highest BCUT2D eigenvalue weighted by molar-refractivity contribution is 5.75. The van der Waals surface area contributed by atoms with Gasteiger partial charge in [0.15, 0.2) is 0 Å². The number of hydrogen-bond acceptors (Lipinski definition) is 3. The van der Waals surface area contributed by atoms with Crippen LogP contribution in [0, 0.1) is 13.8 Å². The minimum atomic E-state index is -0.0712. The average molecular weight is 296 g/mol. The van der Waals surface area contributed by atoms with Gasteiger partial charge in [0.2, 0.25) is 0 Å². The van der Waals surface area contributed by atoms with Gasteiger partial charge >= 0.3 is 0 Å². The zero-order valence-electron chi connectivity index (χ0n) is 12.9. The number of aliphatic hydroxyl groups excluding tert-OH is 1. The Labute approximate surface area is 130 Å². The van der Waals surface area contributed by atoms with Crippen LogP contribution in [0.1, 0.15) is 17.0 Å². The molecule has 22 heavy (non-hydrogen) atoms. The number of benzene rings is 2. The van der Waals surface area contributed by atoms with Crippen LogP contribution in [0.15, 0.2) is 42.5 Å². The maximum absolute atomic E-state index is 9.49. The lowest BCUT2D eigenvalue weighted by molar-refractivity contribution is 0.255. The summed E-state index contributed by atoms with van der Waals surface area (Å²) >= 11 is 0. The molecule has 0 spiro atoms. The number of rotatable bonds is 5. The van der Waals surface area contributed by atoms with E-state index in [4.69, 9.17) is 4.74 Å². The molecule has 0 bridgehead atoms. The number of aliphatic hydroxyl groups is 1. The van der Waals surface area contributed by atoms with E-state index in [1.807, 2.05) is 47.9 Å². The van der Waals surface area contributed by atoms with Gasteiger partial charge in [-0.05, 0) is 37.6 Å². The summed E-state index contributed by atoms with van der Waals surface area (Å²) in [5, 5.41) is 9.49. The van der Waals surface area contributed by atoms with Gasteiger partial charge in [-0.2, -0.15) is 0 Å². The number of ether oxygens (including phenoxy) is 1. The molecule has 0 unspecified atom stereocenters. The van der Waals surface area contributed by atoms with Crippen LogP contribution in [-0.2, 0) is 13.2 Å². The van der Waals surface area contributed by atoms with Crippen molar-refractivity contribution in [1.29, 1.82) is 0 Å². The van der Waals surface area contributed by atoms with Gasteiger partial charge in [-0.25, -0.2) is 4.98 Å². The molecule has 0 amide bonds. The number of aryl methyl sites for hydroxylation is 2. The highest BCUT2D eigenvalue weighted by Crippen LogP contribution is 2.20. The van der Waals surface area contributed by atoms with Crippen molar-refractivity contribution in [3.05, 3.63) is 59.4 Å². The highest BCUT2D eigenvalue weighted by atomic mass is 16.5. The van der Waals surface area contributed by atoms with Crippen LogP contribution in [-0.4, -0.2) is 21.3 Å². The fourth-order valence-corrected chi connectivity index (χ4v) is 2.70. The Morgan fingerprint density at radius 1 is 1.14 bits per heavy atom. The maximum Gasteiger partial charge on any atom is 0.135 e. The lowest BCUT2D eigenvalue weighted by atomic mass is 10.1. The van der Waals surface area contributed by atoms with Gasteiger partial charge in [-0.3, -0.25) is 0 Å². The third kappa shape index (κ3) is 2.83. The second kappa shape index (κ2) is 6.20. The van der Waals surface area contributed by atoms with Crippen molar-refractivity contribution in [2.24, 2.45) is 0 Å². The van der Waals surface area contributed by atoms with Gasteiger partial charge in [0.1, 0.15) is 24.8 Å². The largest absolute Gasteiger partial charge is 0.491 e. The first kappa shape index (κ1) is 14.6. The van der Waals surface area contributed by atoms with Gasteiger partial charge < -0.3 is 14.4 Å². The molecule has 1 N–H and O–H groups in total. The van der Waals surface area contributed by atoms with Gasteiger partial charge in [0.05, 0.1) is 17.6 Å². The highest BCUT2D eigenvalue weighted by Gasteiger charge is 2.09. The van der Waals surface area contributed by atoms with Crippen LogP contribution >= 0.6 is 0 Å². The Morgan fingerprint density at radius 3 is 2.73 bits per heavy atom. The van der Waals surface area contributed by atoms with Crippen molar-refractivity contribution in [2.45, 2.75) is 27.0 Å². The molecule has 1 aromatic heterocycles. The SMILES string of the molecule is Cc1ccc(OCCn2c(CO)nc3ccccc32)c(C)c1. The Balaban J connectivity index is 1.76. The molecule has 114 valence electrons. The molecule has 0 aliphatic heterocycles. The van der Waals surface area contributed by atoms with Crippen LogP contribution < -0.4 is 4.74 Å². The zero-order valence-corrected chi connectivity index (χ0v) is 12.9. The molecule has 3 rings (SSSR count). The summed E-state index contributed by atoms with van der Waals surface area (Å²) < 4.78 is 7.90. The fourth-order valence-electron chi connectivity index (χ4n) is 2.70. The number of hydrogen-bond donors (Lipinski definition) is 1. The number of fused-ring (bicyclic) bond motifs is 1. The normalized spacial score (nSPS) is 11.0. The minimum Gasteiger partial charge on any atom is -0.491 e. The number of imidazole rings is 1. The lowest BCUT2D eigenvalue weighted by Gasteiger charge is -2.12. The molecule has 3 aromatic rings. The average Bonchev–Trinajstić information content (AvgIpc) is 2.87. The van der Waals surface area contributed by atoms with Crippen molar-refractivity contribution in [2.75, 3.05) is 6.61 Å². The Kier molecular flexibility index (Phi) is 4.11. The predicted molar refractivity (Wildman–Crippen MR) is 87.1 cm³/mol. The minimum absolute atomic E-state index is 0.0712. The van der Waals surface area contributed by atoms with E-state index in [-0.39, 0.29) is 6.61 Å². The fraction of sp³-hybridized carbons (Fsp3) is 0.278. The molecule has 0 radical (unpaired) electrons. The Morgan fingerprint density at radius 2 is 1.95 bits per heavy atom. The van der Waals surface area contributed by atoms with Gasteiger partial charge in [0.25, 0.3) is 0 Å². The molecule has 0 saturated carbocycles. The summed E-state index contributed by atoms with van der Waals surface area (Å²) in [4.78, 5) is 4.44. The van der Waals surface area contributed by atoms with Crippen LogP contribution in [0.5, 0.6) is 5.75 Å². The number of nitrogens with zero attached hydrogens (tertiary/aromatic N) is 2. The van der Waals surface area contributed by atoms with E-state index < -0.39 is 0 Å². The quantitative estimate of drug-likeness (QED) is 0.786. The molecule has 4 heteroatoms. The first-order chi connectivity index (χ1) is 10.7. The van der Waals surface area contributed by atoms with Crippen molar-refractivity contribution in [1.82, 2.24) is 9.55 Å². The van der Waals surface area contributed by atoms with Crippen molar-refractivity contribution in [3.8, 4) is 5.75 Å². The van der Waals surface area contributed by atoms with E-state index in [0.29, 0.717) is 19.0 Å². The van der Waals surface area contributed by atoms with Crippen LogP contribution in [0.2, 0.25) is 0 Å². The number of para-hydroxylation sites is 2. The second-order valence-electron chi connectivity index (χ2n) is 5.44. The summed E-state index contributed by atoms with van der Waals surface area (Å²) in [6.45, 7) is 5.25. The summed E-state index contributed by atoms with van der Waals surface area (Å²) in [5.41, 5.74) is 4.29. The molecule has 0 aliphatic carbocycles. The second-order valence-corrected chi connectivity index (χ2v) is 5.44. The summed E-state index contributed by atoms with van der Waals surface area (Å²) in [7, 11) is 0. The molecular formula is C18H20N2O2. The van der Waals surface area contributed by atoms with Crippen molar-refractivity contribution in [3.63, 3.8) is 0 Å². The molecule has 1 heterocycles. The van der Waals surface area contributed by atoms with Gasteiger partial charge in [-0.1, -0.05) is 29.8 Å². The monoisotopic (exact) mass is 296 g/mol. The molecule has 0 saturated heterocycles. The standard InChI is InChI=1S/C18H20N2O2/c1-13-7-8-17(14(2)11-13)22-10-9-20-16-6-4-3-5-15(16)19-18(20)12-21/h3-8,11,21H,9-10,12H2,1-2H3. The molecular weight excluding hydrogens is 276 g/mol. The summed E-state index contributed by atoms with van der Waals surface area (Å²) in [6, 6.07) is 14.1. The van der Waals surface area contributed by atoms with Crippen molar-refractivity contribution >= 4 is 11.0 Å². The van der Waals surface area contributed by atoms with Gasteiger partial charge in [-0.15, -0.1) is 0 Å². The zero-order chi connectivity index (χ0) is 15.5. The third-order valence-electron chi connectivity index (χ3n) is 3.78. The first-order valence-electron chi connectivity index (χ1n) is 7.44. The number of aromatic nitrogens is 2. The first-order valence-corrected chi connectivity index (χ1v) is 7.44. The summed E-state index contributed by atoms with van der Waals surface area (Å²) in [6.07, 6.45) is 0. The van der Waals surface area contributed by atoms with E-state index in [9.17, 15) is 5.11 Å². The smallest absolute Gasteiger partial charge is 0.135 e.